The van der Waals surface area contributed by atoms with Crippen LogP contribution in [-0.2, 0) is 65.4 Å². The molecule has 17 nitrogen and oxygen atoms in total. The van der Waals surface area contributed by atoms with Crippen LogP contribution in [-0.4, -0.2) is 96.7 Å². The Kier molecular flexibility index (Phi) is 52.2. The van der Waals surface area contributed by atoms with Gasteiger partial charge < -0.3 is 33.8 Å². The molecule has 5 atom stereocenters. The number of carbonyl (C=O) groups is 4. The van der Waals surface area contributed by atoms with Crippen LogP contribution in [0.4, 0.5) is 0 Å². The van der Waals surface area contributed by atoms with Crippen molar-refractivity contribution in [3.05, 3.63) is 0 Å². The Balaban J connectivity index is 5.25. The standard InChI is InChI=1S/C62H120O17P2/c1-8-9-10-11-12-13-14-22-29-36-43-59(64)72-49-58(79-62(67)46-39-32-25-18-21-28-35-42-55(6)7)52-77-81(70,71)75-48-56(63)47-74-80(68,69)76-51-57(50-73-60(65)44-37-30-24-17-20-27-34-41-54(4)5)78-61(66)45-38-31-23-16-15-19-26-33-40-53(2)3/h53-58,63H,8-52H2,1-7H3,(H,68,69)(H,70,71)/t56-,57-,58-/m1/s1. The van der Waals surface area contributed by atoms with Gasteiger partial charge in [-0.15, -0.1) is 0 Å². The Morgan fingerprint density at radius 3 is 0.840 bits per heavy atom. The quantitative estimate of drug-likeness (QED) is 0.0222. The van der Waals surface area contributed by atoms with Crippen LogP contribution < -0.4 is 0 Å². The second-order valence-electron chi connectivity index (χ2n) is 23.9. The van der Waals surface area contributed by atoms with E-state index < -0.39 is 97.5 Å². The Hall–Kier alpha value is -1.94. The molecule has 480 valence electrons. The minimum Gasteiger partial charge on any atom is -0.462 e. The van der Waals surface area contributed by atoms with Gasteiger partial charge in [-0.3, -0.25) is 37.3 Å². The van der Waals surface area contributed by atoms with E-state index in [0.29, 0.717) is 37.5 Å². The average molecular weight is 1200 g/mol. The van der Waals surface area contributed by atoms with Crippen molar-refractivity contribution in [3.8, 4) is 0 Å². The third-order valence-electron chi connectivity index (χ3n) is 14.1. The average Bonchev–Trinajstić information content (AvgIpc) is 3.41. The summed E-state index contributed by atoms with van der Waals surface area (Å²) in [5.74, 6) is -0.0235. The monoisotopic (exact) mass is 1200 g/mol. The molecule has 81 heavy (non-hydrogen) atoms. The van der Waals surface area contributed by atoms with Crippen molar-refractivity contribution in [2.24, 2.45) is 17.8 Å². The smallest absolute Gasteiger partial charge is 0.462 e. The van der Waals surface area contributed by atoms with E-state index >= 15 is 0 Å². The number of phosphoric acid groups is 2. The van der Waals surface area contributed by atoms with Gasteiger partial charge in [-0.2, -0.15) is 0 Å². The van der Waals surface area contributed by atoms with Gasteiger partial charge in [0.15, 0.2) is 12.2 Å². The van der Waals surface area contributed by atoms with Crippen LogP contribution in [0.1, 0.15) is 299 Å². The SMILES string of the molecule is CCCCCCCCCCCCC(=O)OC[C@H](COP(=O)(O)OC[C@H](O)COP(=O)(O)OC[C@@H](COC(=O)CCCCCCCCCC(C)C)OC(=O)CCCCCCCCCCC(C)C)OC(=O)CCCCCCCCCC(C)C. The maximum atomic E-state index is 12.9. The van der Waals surface area contributed by atoms with Gasteiger partial charge in [-0.05, 0) is 43.4 Å². The molecule has 0 aromatic rings. The molecule has 19 heteroatoms. The molecule has 0 amide bonds. The number of aliphatic hydroxyl groups excluding tert-OH is 1. The zero-order valence-corrected chi connectivity index (χ0v) is 54.0. The van der Waals surface area contributed by atoms with E-state index in [-0.39, 0.29) is 25.7 Å². The third kappa shape index (κ3) is 56.9. The lowest BCUT2D eigenvalue weighted by atomic mass is 10.0. The number of unbranched alkanes of at least 4 members (excludes halogenated alkanes) is 28. The van der Waals surface area contributed by atoms with Crippen molar-refractivity contribution in [1.82, 2.24) is 0 Å². The number of phosphoric ester groups is 2. The van der Waals surface area contributed by atoms with Gasteiger partial charge in [0.2, 0.25) is 0 Å². The van der Waals surface area contributed by atoms with Crippen LogP contribution in [0.2, 0.25) is 0 Å². The fourth-order valence-corrected chi connectivity index (χ4v) is 10.7. The molecule has 0 saturated carbocycles. The topological polar surface area (TPSA) is 237 Å². The fraction of sp³-hybridized carbons (Fsp3) is 0.935. The Morgan fingerprint density at radius 1 is 0.333 bits per heavy atom. The molecule has 0 aromatic carbocycles. The third-order valence-corrected chi connectivity index (χ3v) is 16.0. The van der Waals surface area contributed by atoms with Crippen molar-refractivity contribution in [2.75, 3.05) is 39.6 Å². The number of hydrogen-bond donors (Lipinski definition) is 3. The molecule has 0 radical (unpaired) electrons. The van der Waals surface area contributed by atoms with Crippen LogP contribution in [0.3, 0.4) is 0 Å². The Bertz CT molecular complexity index is 1610. The largest absolute Gasteiger partial charge is 0.472 e. The first-order chi connectivity index (χ1) is 38.7. The summed E-state index contributed by atoms with van der Waals surface area (Å²) in [7, 11) is -9.88. The molecular weight excluding hydrogens is 1080 g/mol. The van der Waals surface area contributed by atoms with Crippen LogP contribution in [0, 0.1) is 17.8 Å². The Labute approximate surface area is 492 Å². The molecule has 2 unspecified atom stereocenters. The molecule has 0 aromatic heterocycles. The van der Waals surface area contributed by atoms with Gasteiger partial charge in [0.05, 0.1) is 26.4 Å². The number of ether oxygens (including phenoxy) is 4. The van der Waals surface area contributed by atoms with E-state index in [1.807, 2.05) is 0 Å². The first-order valence-electron chi connectivity index (χ1n) is 32.3. The zero-order valence-electron chi connectivity index (χ0n) is 52.2. The molecule has 3 N–H and O–H groups in total. The number of rotatable bonds is 60. The summed E-state index contributed by atoms with van der Waals surface area (Å²) in [6.45, 7) is 11.6. The lowest BCUT2D eigenvalue weighted by Gasteiger charge is -2.21. The second-order valence-corrected chi connectivity index (χ2v) is 26.8. The van der Waals surface area contributed by atoms with Gasteiger partial charge in [0.25, 0.3) is 0 Å². The molecule has 0 saturated heterocycles. The first kappa shape index (κ1) is 79.1. The summed E-state index contributed by atoms with van der Waals surface area (Å²) in [5.41, 5.74) is 0. The van der Waals surface area contributed by atoms with Crippen LogP contribution in [0.5, 0.6) is 0 Å². The lowest BCUT2D eigenvalue weighted by Crippen LogP contribution is -2.30. The van der Waals surface area contributed by atoms with Gasteiger partial charge in [-0.25, -0.2) is 9.13 Å². The highest BCUT2D eigenvalue weighted by atomic mass is 31.2. The van der Waals surface area contributed by atoms with E-state index in [2.05, 4.69) is 48.5 Å². The van der Waals surface area contributed by atoms with Crippen molar-refractivity contribution in [2.45, 2.75) is 317 Å². The highest BCUT2D eigenvalue weighted by Gasteiger charge is 2.30. The predicted octanol–water partition coefficient (Wildman–Crippen LogP) is 16.7. The van der Waals surface area contributed by atoms with Gasteiger partial charge in [-0.1, -0.05) is 248 Å². The summed E-state index contributed by atoms with van der Waals surface area (Å²) < 4.78 is 67.9. The lowest BCUT2D eigenvalue weighted by molar-refractivity contribution is -0.161. The molecule has 0 rings (SSSR count). The molecule has 0 spiro atoms. The Morgan fingerprint density at radius 2 is 0.568 bits per heavy atom. The first-order valence-corrected chi connectivity index (χ1v) is 35.3. The number of esters is 4. The van der Waals surface area contributed by atoms with E-state index in [0.717, 1.165) is 102 Å². The van der Waals surface area contributed by atoms with Gasteiger partial charge in [0, 0.05) is 25.7 Å². The summed E-state index contributed by atoms with van der Waals surface area (Å²) in [4.78, 5) is 72.1. The minimum atomic E-state index is -4.94. The summed E-state index contributed by atoms with van der Waals surface area (Å²) in [5, 5.41) is 10.5. The van der Waals surface area contributed by atoms with Crippen molar-refractivity contribution < 1.29 is 80.2 Å². The minimum absolute atomic E-state index is 0.103. The molecule has 0 aliphatic rings. The fourth-order valence-electron chi connectivity index (χ4n) is 9.13. The molecule has 0 heterocycles. The van der Waals surface area contributed by atoms with Gasteiger partial charge in [0.1, 0.15) is 19.3 Å². The van der Waals surface area contributed by atoms with Gasteiger partial charge >= 0.3 is 39.5 Å². The zero-order chi connectivity index (χ0) is 60.3. The highest BCUT2D eigenvalue weighted by Crippen LogP contribution is 2.45. The van der Waals surface area contributed by atoms with E-state index in [4.69, 9.17) is 37.0 Å². The van der Waals surface area contributed by atoms with Crippen LogP contribution in [0.15, 0.2) is 0 Å². The number of carbonyl (C=O) groups excluding carboxylic acids is 4. The number of aliphatic hydroxyl groups is 1. The molecule has 0 aliphatic carbocycles. The van der Waals surface area contributed by atoms with E-state index in [1.54, 1.807) is 0 Å². The van der Waals surface area contributed by atoms with Crippen LogP contribution in [0.25, 0.3) is 0 Å². The highest BCUT2D eigenvalue weighted by molar-refractivity contribution is 7.47. The van der Waals surface area contributed by atoms with Crippen molar-refractivity contribution in [1.29, 1.82) is 0 Å². The summed E-state index contributed by atoms with van der Waals surface area (Å²) in [6.07, 6.45) is 33.6. The summed E-state index contributed by atoms with van der Waals surface area (Å²) in [6, 6.07) is 0. The number of hydrogen-bond acceptors (Lipinski definition) is 15. The normalized spacial score (nSPS) is 14.4. The summed E-state index contributed by atoms with van der Waals surface area (Å²) >= 11 is 0. The maximum absolute atomic E-state index is 12.9. The molecule has 0 fully saturated rings. The molecule has 0 bridgehead atoms. The van der Waals surface area contributed by atoms with Crippen LogP contribution >= 0.6 is 15.6 Å². The second kappa shape index (κ2) is 53.5. The van der Waals surface area contributed by atoms with Crippen molar-refractivity contribution >= 4 is 39.5 Å². The van der Waals surface area contributed by atoms with E-state index in [9.17, 15) is 43.2 Å². The maximum Gasteiger partial charge on any atom is 0.472 e. The predicted molar refractivity (Wildman–Crippen MR) is 321 cm³/mol. The molecule has 0 aliphatic heterocycles. The molecular formula is C62H120O17P2. The van der Waals surface area contributed by atoms with Crippen molar-refractivity contribution in [3.63, 3.8) is 0 Å². The van der Waals surface area contributed by atoms with E-state index in [1.165, 1.54) is 103 Å².